The monoisotopic (exact) mass is 338 g/mol. The summed E-state index contributed by atoms with van der Waals surface area (Å²) in [6.45, 7) is 4.02. The third-order valence-corrected chi connectivity index (χ3v) is 5.35. The molecule has 0 saturated carbocycles. The molecule has 0 spiro atoms. The van der Waals surface area contributed by atoms with Crippen molar-refractivity contribution in [3.05, 3.63) is 28.2 Å². The van der Waals surface area contributed by atoms with Gasteiger partial charge in [-0.05, 0) is 49.9 Å². The predicted molar refractivity (Wildman–Crippen MR) is 86.1 cm³/mol. The summed E-state index contributed by atoms with van der Waals surface area (Å²) in [6.07, 6.45) is 4.19. The van der Waals surface area contributed by atoms with E-state index in [1.807, 2.05) is 0 Å². The van der Waals surface area contributed by atoms with Crippen molar-refractivity contribution in [2.75, 3.05) is 11.4 Å². The molecule has 0 amide bonds. The smallest absolute Gasteiger partial charge is 0.0579 e. The summed E-state index contributed by atoms with van der Waals surface area (Å²) < 4.78 is 1.18. The van der Waals surface area contributed by atoms with E-state index < -0.39 is 0 Å². The highest BCUT2D eigenvalue weighted by atomic mass is 79.9. The molecule has 3 rings (SSSR count). The minimum absolute atomic E-state index is 0.0970. The Morgan fingerprint density at radius 3 is 2.60 bits per heavy atom. The second-order valence-electron chi connectivity index (χ2n) is 5.97. The molecule has 2 heterocycles. The first kappa shape index (κ1) is 14.4. The molecule has 1 aromatic rings. The van der Waals surface area contributed by atoms with E-state index in [1.165, 1.54) is 28.6 Å². The Morgan fingerprint density at radius 1 is 1.30 bits per heavy atom. The molecule has 110 valence electrons. The Balaban J connectivity index is 1.79. The first-order chi connectivity index (χ1) is 9.69. The molecule has 2 bridgehead atoms. The average molecular weight is 339 g/mol. The summed E-state index contributed by atoms with van der Waals surface area (Å²) in [5.74, 6) is 0. The van der Waals surface area contributed by atoms with Crippen LogP contribution in [0.1, 0.15) is 38.2 Å². The molecule has 4 heteroatoms. The normalized spacial score (nSPS) is 28.9. The number of aliphatic hydroxyl groups excluding tert-OH is 1. The molecular formula is C16H23BrN2O. The maximum Gasteiger partial charge on any atom is 0.0579 e. The van der Waals surface area contributed by atoms with Gasteiger partial charge in [-0.1, -0.05) is 28.9 Å². The van der Waals surface area contributed by atoms with Crippen molar-refractivity contribution >= 4 is 21.6 Å². The number of nitrogens with one attached hydrogen (secondary N) is 1. The Bertz CT molecular complexity index is 466. The zero-order valence-corrected chi connectivity index (χ0v) is 13.6. The Kier molecular flexibility index (Phi) is 4.34. The molecule has 2 saturated heterocycles. The van der Waals surface area contributed by atoms with Gasteiger partial charge in [0.1, 0.15) is 0 Å². The number of anilines is 1. The van der Waals surface area contributed by atoms with Gasteiger partial charge in [0, 0.05) is 28.8 Å². The summed E-state index contributed by atoms with van der Waals surface area (Å²) in [7, 11) is 0. The van der Waals surface area contributed by atoms with Crippen LogP contribution < -0.4 is 10.2 Å². The molecule has 2 unspecified atom stereocenters. The van der Waals surface area contributed by atoms with Crippen LogP contribution in [0.5, 0.6) is 0 Å². The first-order valence-corrected chi connectivity index (χ1v) is 8.44. The molecule has 2 N–H and O–H groups in total. The Morgan fingerprint density at radius 2 is 2.00 bits per heavy atom. The zero-order chi connectivity index (χ0) is 14.1. The van der Waals surface area contributed by atoms with Gasteiger partial charge < -0.3 is 15.3 Å². The second kappa shape index (κ2) is 6.04. The predicted octanol–water partition coefficient (Wildman–Crippen LogP) is 3.05. The highest BCUT2D eigenvalue weighted by molar-refractivity contribution is 9.10. The van der Waals surface area contributed by atoms with E-state index in [1.54, 1.807) is 0 Å². The second-order valence-corrected chi connectivity index (χ2v) is 6.83. The van der Waals surface area contributed by atoms with Crippen LogP contribution in [0.25, 0.3) is 0 Å². The number of aliphatic hydroxyl groups is 1. The number of fused-ring (bicyclic) bond motifs is 2. The Labute approximate surface area is 129 Å². The average Bonchev–Trinajstić information content (AvgIpc) is 2.69. The third-order valence-electron chi connectivity index (χ3n) is 4.61. The van der Waals surface area contributed by atoms with E-state index in [2.05, 4.69) is 51.3 Å². The van der Waals surface area contributed by atoms with Crippen LogP contribution in [0.3, 0.4) is 0 Å². The van der Waals surface area contributed by atoms with Crippen molar-refractivity contribution in [3.63, 3.8) is 0 Å². The van der Waals surface area contributed by atoms with Crippen molar-refractivity contribution in [1.29, 1.82) is 0 Å². The van der Waals surface area contributed by atoms with Gasteiger partial charge in [0.2, 0.25) is 0 Å². The highest BCUT2D eigenvalue weighted by Gasteiger charge is 2.40. The van der Waals surface area contributed by atoms with Gasteiger partial charge in [-0.2, -0.15) is 0 Å². The van der Waals surface area contributed by atoms with E-state index in [0.717, 1.165) is 25.9 Å². The molecule has 2 fully saturated rings. The van der Waals surface area contributed by atoms with Crippen LogP contribution in [0.15, 0.2) is 22.7 Å². The van der Waals surface area contributed by atoms with E-state index in [4.69, 9.17) is 0 Å². The fourth-order valence-electron chi connectivity index (χ4n) is 3.67. The molecule has 2 aliphatic rings. The highest BCUT2D eigenvalue weighted by Crippen LogP contribution is 2.40. The van der Waals surface area contributed by atoms with Gasteiger partial charge in [-0.25, -0.2) is 0 Å². The van der Waals surface area contributed by atoms with E-state index in [9.17, 15) is 5.11 Å². The van der Waals surface area contributed by atoms with Gasteiger partial charge in [-0.3, -0.25) is 0 Å². The van der Waals surface area contributed by atoms with Crippen LogP contribution >= 0.6 is 15.9 Å². The van der Waals surface area contributed by atoms with E-state index in [0.29, 0.717) is 12.1 Å². The number of hydrogen-bond acceptors (Lipinski definition) is 3. The molecule has 2 atom stereocenters. The van der Waals surface area contributed by atoms with Gasteiger partial charge in [0.15, 0.2) is 0 Å². The van der Waals surface area contributed by atoms with E-state index >= 15 is 0 Å². The first-order valence-electron chi connectivity index (χ1n) is 7.64. The van der Waals surface area contributed by atoms with Crippen LogP contribution in [0.4, 0.5) is 5.69 Å². The summed E-state index contributed by atoms with van der Waals surface area (Å²) >= 11 is 3.70. The number of rotatable bonds is 4. The van der Waals surface area contributed by atoms with Crippen molar-refractivity contribution in [3.8, 4) is 0 Å². The largest absolute Gasteiger partial charge is 0.393 e. The van der Waals surface area contributed by atoms with E-state index in [-0.39, 0.29) is 6.10 Å². The lowest BCUT2D eigenvalue weighted by molar-refractivity contribution is 0.126. The van der Waals surface area contributed by atoms with Crippen LogP contribution in [0, 0.1) is 0 Å². The van der Waals surface area contributed by atoms with Crippen LogP contribution in [-0.2, 0) is 6.54 Å². The molecule has 0 aliphatic carbocycles. The summed E-state index contributed by atoms with van der Waals surface area (Å²) in [5, 5.41) is 13.3. The molecule has 1 aromatic carbocycles. The van der Waals surface area contributed by atoms with Crippen molar-refractivity contribution in [2.45, 2.75) is 57.3 Å². The summed E-state index contributed by atoms with van der Waals surface area (Å²) in [4.78, 5) is 2.54. The molecule has 20 heavy (non-hydrogen) atoms. The number of halogens is 1. The van der Waals surface area contributed by atoms with Crippen LogP contribution in [-0.4, -0.2) is 29.8 Å². The lowest BCUT2D eigenvalue weighted by Gasteiger charge is -2.39. The van der Waals surface area contributed by atoms with Crippen molar-refractivity contribution in [1.82, 2.24) is 5.32 Å². The summed E-state index contributed by atoms with van der Waals surface area (Å²) in [6, 6.07) is 7.74. The molecule has 0 radical (unpaired) electrons. The number of hydrogen-bond donors (Lipinski definition) is 2. The fraction of sp³-hybridized carbons (Fsp3) is 0.625. The van der Waals surface area contributed by atoms with Crippen LogP contribution in [0.2, 0.25) is 0 Å². The van der Waals surface area contributed by atoms with Gasteiger partial charge in [-0.15, -0.1) is 0 Å². The maximum atomic E-state index is 9.91. The molecule has 0 aromatic heterocycles. The topological polar surface area (TPSA) is 35.5 Å². The SMILES string of the molecule is CCNCc1ccc(N2C3CCC2CC(O)C3)cc1Br. The lowest BCUT2D eigenvalue weighted by Crippen LogP contribution is -2.44. The molecular weight excluding hydrogens is 316 g/mol. The van der Waals surface area contributed by atoms with Crippen molar-refractivity contribution in [2.24, 2.45) is 0 Å². The standard InChI is InChI=1S/C16H23BrN2O/c1-2-18-10-11-3-4-14(9-16(11)17)19-12-5-6-13(19)8-15(20)7-12/h3-4,9,12-13,15,18,20H,2,5-8,10H2,1H3. The van der Waals surface area contributed by atoms with Gasteiger partial charge >= 0.3 is 0 Å². The van der Waals surface area contributed by atoms with Crippen molar-refractivity contribution < 1.29 is 5.11 Å². The van der Waals surface area contributed by atoms with Gasteiger partial charge in [0.05, 0.1) is 6.10 Å². The van der Waals surface area contributed by atoms with Gasteiger partial charge in [0.25, 0.3) is 0 Å². The number of benzene rings is 1. The minimum atomic E-state index is -0.0970. The fourth-order valence-corrected chi connectivity index (χ4v) is 4.18. The summed E-state index contributed by atoms with van der Waals surface area (Å²) in [5.41, 5.74) is 2.61. The Hall–Kier alpha value is -0.580. The lowest BCUT2D eigenvalue weighted by atomic mass is 9.99. The quantitative estimate of drug-likeness (QED) is 0.885. The molecule has 2 aliphatic heterocycles. The third kappa shape index (κ3) is 2.74. The molecule has 3 nitrogen and oxygen atoms in total. The maximum absolute atomic E-state index is 9.91. The number of nitrogens with zero attached hydrogens (tertiary/aromatic N) is 1. The minimum Gasteiger partial charge on any atom is -0.393 e. The number of piperidine rings is 1. The zero-order valence-electron chi connectivity index (χ0n) is 12.0.